The van der Waals surface area contributed by atoms with Gasteiger partial charge in [-0.1, -0.05) is 19.8 Å². The molecule has 0 bridgehead atoms. The molecule has 98 valence electrons. The predicted octanol–water partition coefficient (Wildman–Crippen LogP) is 2.21. The highest BCUT2D eigenvalue weighted by Gasteiger charge is 2.05. The second-order valence-corrected chi connectivity index (χ2v) is 4.42. The van der Waals surface area contributed by atoms with Crippen LogP contribution in [0.5, 0.6) is 0 Å². The molecule has 0 aromatic carbocycles. The topological polar surface area (TPSA) is 28.2 Å². The molecular formula is C15H23N3. The summed E-state index contributed by atoms with van der Waals surface area (Å²) < 4.78 is 0. The van der Waals surface area contributed by atoms with E-state index in [1.54, 1.807) is 0 Å². The molecule has 3 heteroatoms. The lowest BCUT2D eigenvalue weighted by atomic mass is 10.2. The summed E-state index contributed by atoms with van der Waals surface area (Å²) in [4.78, 5) is 6.60. The molecule has 0 unspecified atom stereocenters. The summed E-state index contributed by atoms with van der Waals surface area (Å²) in [7, 11) is 1.98. The molecule has 18 heavy (non-hydrogen) atoms. The van der Waals surface area contributed by atoms with Gasteiger partial charge >= 0.3 is 0 Å². The number of hydrogen-bond donors (Lipinski definition) is 1. The van der Waals surface area contributed by atoms with Gasteiger partial charge in [0.15, 0.2) is 0 Å². The first-order valence-corrected chi connectivity index (χ1v) is 6.56. The van der Waals surface area contributed by atoms with E-state index in [0.29, 0.717) is 6.54 Å². The van der Waals surface area contributed by atoms with Crippen LogP contribution in [-0.4, -0.2) is 25.1 Å². The summed E-state index contributed by atoms with van der Waals surface area (Å²) in [6.45, 7) is 6.81. The zero-order valence-corrected chi connectivity index (χ0v) is 11.7. The van der Waals surface area contributed by atoms with E-state index in [0.717, 1.165) is 37.4 Å². The Morgan fingerprint density at radius 1 is 1.39 bits per heavy atom. The minimum Gasteiger partial charge on any atom is -0.349 e. The van der Waals surface area contributed by atoms with Gasteiger partial charge in [-0.2, -0.15) is 0 Å². The van der Waals surface area contributed by atoms with Crippen LogP contribution in [0.1, 0.15) is 31.5 Å². The third kappa shape index (κ3) is 4.38. The smallest absolute Gasteiger partial charge is 0.129 e. The maximum absolute atomic E-state index is 5.34. The molecule has 0 saturated heterocycles. The minimum atomic E-state index is 0.585. The Morgan fingerprint density at radius 2 is 2.17 bits per heavy atom. The lowest BCUT2D eigenvalue weighted by Crippen LogP contribution is -2.20. The van der Waals surface area contributed by atoms with E-state index in [1.807, 2.05) is 11.9 Å². The van der Waals surface area contributed by atoms with Gasteiger partial charge < -0.3 is 10.2 Å². The first kappa shape index (κ1) is 14.5. The minimum absolute atomic E-state index is 0.585. The Hall–Kier alpha value is -1.53. The number of nitrogens with one attached hydrogen (secondary N) is 1. The first-order chi connectivity index (χ1) is 8.71. The van der Waals surface area contributed by atoms with Crippen molar-refractivity contribution >= 4 is 5.82 Å². The van der Waals surface area contributed by atoms with E-state index in [-0.39, 0.29) is 0 Å². The number of rotatable bonds is 7. The molecule has 0 spiro atoms. The van der Waals surface area contributed by atoms with E-state index >= 15 is 0 Å². The van der Waals surface area contributed by atoms with E-state index in [9.17, 15) is 0 Å². The molecule has 0 fully saturated rings. The molecule has 0 saturated carbocycles. The number of anilines is 1. The molecule has 1 heterocycles. The van der Waals surface area contributed by atoms with Gasteiger partial charge in [0.05, 0.1) is 6.54 Å². The Kier molecular flexibility index (Phi) is 6.24. The van der Waals surface area contributed by atoms with Gasteiger partial charge in [-0.3, -0.25) is 0 Å². The lowest BCUT2D eigenvalue weighted by molar-refractivity contribution is 0.674. The summed E-state index contributed by atoms with van der Waals surface area (Å²) in [6.07, 6.45) is 7.43. The van der Waals surface area contributed by atoms with Crippen LogP contribution >= 0.6 is 0 Å². The second kappa shape index (κ2) is 7.73. The third-order valence-electron chi connectivity index (χ3n) is 2.76. The molecule has 3 nitrogen and oxygen atoms in total. The largest absolute Gasteiger partial charge is 0.349 e. The van der Waals surface area contributed by atoms with Crippen LogP contribution in [0.25, 0.3) is 0 Å². The van der Waals surface area contributed by atoms with Gasteiger partial charge in [0.1, 0.15) is 5.82 Å². The van der Waals surface area contributed by atoms with Crippen molar-refractivity contribution in [1.82, 2.24) is 10.3 Å². The van der Waals surface area contributed by atoms with Gasteiger partial charge in [0.2, 0.25) is 0 Å². The summed E-state index contributed by atoms with van der Waals surface area (Å²) in [6, 6.07) is 4.27. The summed E-state index contributed by atoms with van der Waals surface area (Å²) >= 11 is 0. The highest BCUT2D eigenvalue weighted by atomic mass is 15.2. The van der Waals surface area contributed by atoms with Gasteiger partial charge in [0.25, 0.3) is 0 Å². The van der Waals surface area contributed by atoms with E-state index in [1.165, 1.54) is 5.56 Å². The first-order valence-electron chi connectivity index (χ1n) is 6.56. The monoisotopic (exact) mass is 245 g/mol. The number of aromatic nitrogens is 1. The summed E-state index contributed by atoms with van der Waals surface area (Å²) in [5.74, 6) is 3.60. The fraction of sp³-hybridized carbons (Fsp3) is 0.533. The lowest BCUT2D eigenvalue weighted by Gasteiger charge is -2.17. The second-order valence-electron chi connectivity index (χ2n) is 4.42. The van der Waals surface area contributed by atoms with Gasteiger partial charge in [-0.15, -0.1) is 6.42 Å². The zero-order valence-electron chi connectivity index (χ0n) is 11.7. The van der Waals surface area contributed by atoms with Crippen molar-refractivity contribution in [3.8, 4) is 12.3 Å². The highest BCUT2D eigenvalue weighted by Crippen LogP contribution is 2.14. The quantitative estimate of drug-likeness (QED) is 0.590. The van der Waals surface area contributed by atoms with Crippen molar-refractivity contribution in [2.75, 3.05) is 25.0 Å². The maximum atomic E-state index is 5.34. The van der Waals surface area contributed by atoms with Crippen molar-refractivity contribution < 1.29 is 0 Å². The van der Waals surface area contributed by atoms with Crippen molar-refractivity contribution in [2.24, 2.45) is 0 Å². The van der Waals surface area contributed by atoms with Crippen LogP contribution in [0.4, 0.5) is 5.82 Å². The van der Waals surface area contributed by atoms with Crippen LogP contribution in [-0.2, 0) is 13.0 Å². The summed E-state index contributed by atoms with van der Waals surface area (Å²) in [5, 5.41) is 3.41. The molecule has 0 radical (unpaired) electrons. The molecule has 1 N–H and O–H groups in total. The van der Waals surface area contributed by atoms with Gasteiger partial charge in [-0.05, 0) is 37.1 Å². The molecule has 0 aliphatic rings. The Bertz CT molecular complexity index is 407. The van der Waals surface area contributed by atoms with Crippen molar-refractivity contribution in [2.45, 2.75) is 33.2 Å². The van der Waals surface area contributed by atoms with Crippen LogP contribution in [0.3, 0.4) is 0 Å². The predicted molar refractivity (Wildman–Crippen MR) is 77.7 cm³/mol. The van der Waals surface area contributed by atoms with Crippen LogP contribution in [0, 0.1) is 12.3 Å². The average Bonchev–Trinajstić information content (AvgIpc) is 2.39. The van der Waals surface area contributed by atoms with E-state index < -0.39 is 0 Å². The standard InChI is InChI=1S/C15H23N3/c1-5-8-16-12-13-10-14(7-3)17-15(11-13)18(4)9-6-2/h2,10-11,16H,5,7-9,12H2,1,3-4H3. The van der Waals surface area contributed by atoms with E-state index in [4.69, 9.17) is 6.42 Å². The Balaban J connectivity index is 2.84. The number of pyridine rings is 1. The highest BCUT2D eigenvalue weighted by molar-refractivity contribution is 5.43. The molecule has 1 rings (SSSR count). The van der Waals surface area contributed by atoms with Crippen LogP contribution in [0.15, 0.2) is 12.1 Å². The molecule has 0 atom stereocenters. The maximum Gasteiger partial charge on any atom is 0.129 e. The van der Waals surface area contributed by atoms with Crippen LogP contribution < -0.4 is 10.2 Å². The molecule has 1 aromatic rings. The fourth-order valence-corrected chi connectivity index (χ4v) is 1.74. The molecule has 0 amide bonds. The molecule has 1 aromatic heterocycles. The average molecular weight is 245 g/mol. The summed E-state index contributed by atoms with van der Waals surface area (Å²) in [5.41, 5.74) is 2.39. The molecule has 0 aliphatic carbocycles. The zero-order chi connectivity index (χ0) is 13.4. The number of terminal acetylenes is 1. The van der Waals surface area contributed by atoms with Crippen LogP contribution in [0.2, 0.25) is 0 Å². The van der Waals surface area contributed by atoms with Gasteiger partial charge in [-0.25, -0.2) is 4.98 Å². The van der Waals surface area contributed by atoms with Crippen molar-refractivity contribution in [3.05, 3.63) is 23.4 Å². The van der Waals surface area contributed by atoms with Crippen molar-refractivity contribution in [1.29, 1.82) is 0 Å². The molecular weight excluding hydrogens is 222 g/mol. The third-order valence-corrected chi connectivity index (χ3v) is 2.76. The SMILES string of the molecule is C#CCN(C)c1cc(CNCCC)cc(CC)n1. The van der Waals surface area contributed by atoms with Crippen molar-refractivity contribution in [3.63, 3.8) is 0 Å². The molecule has 0 aliphatic heterocycles. The van der Waals surface area contributed by atoms with Gasteiger partial charge in [0, 0.05) is 19.3 Å². The van der Waals surface area contributed by atoms with E-state index in [2.05, 4.69) is 42.2 Å². The Labute approximate surface area is 111 Å². The number of hydrogen-bond acceptors (Lipinski definition) is 3. The number of nitrogens with zero attached hydrogens (tertiary/aromatic N) is 2. The normalized spacial score (nSPS) is 10.1. The number of aryl methyl sites for hydroxylation is 1. The fourth-order valence-electron chi connectivity index (χ4n) is 1.74. The Morgan fingerprint density at radius 3 is 2.78 bits per heavy atom.